The zero-order valence-electron chi connectivity index (χ0n) is 10.3. The molecule has 0 radical (unpaired) electrons. The average Bonchev–Trinajstić information content (AvgIpc) is 2.37. The van der Waals surface area contributed by atoms with Gasteiger partial charge in [0.15, 0.2) is 5.69 Å². The van der Waals surface area contributed by atoms with Crippen molar-refractivity contribution in [3.8, 4) is 0 Å². The molecular weight excluding hydrogens is 254 g/mol. The number of amides is 2. The number of nitrogens with zero attached hydrogens (tertiary/aromatic N) is 1. The van der Waals surface area contributed by atoms with Gasteiger partial charge in [-0.1, -0.05) is 0 Å². The molecule has 0 saturated carbocycles. The minimum atomic E-state index is -1.27. The molecule has 0 fully saturated rings. The van der Waals surface area contributed by atoms with Gasteiger partial charge in [0.1, 0.15) is 6.04 Å². The van der Waals surface area contributed by atoms with Gasteiger partial charge in [0.2, 0.25) is 0 Å². The van der Waals surface area contributed by atoms with Gasteiger partial charge in [-0.25, -0.2) is 19.4 Å². The van der Waals surface area contributed by atoms with Crippen molar-refractivity contribution in [3.63, 3.8) is 0 Å². The fourth-order valence-corrected chi connectivity index (χ4v) is 1.27. The molecule has 8 heteroatoms. The van der Waals surface area contributed by atoms with Crippen molar-refractivity contribution in [1.82, 2.24) is 10.3 Å². The van der Waals surface area contributed by atoms with Gasteiger partial charge in [0.25, 0.3) is 0 Å². The standard InChI is InChI=1S/C11H13N3O5/c1-6(10(17)19-2)13-11(18)14-7-4-3-5-12-8(7)9(15)16/h3-6H,1-2H3,(H,15,16)(H2,13,14,18). The molecular formula is C11H13N3O5. The van der Waals surface area contributed by atoms with Crippen LogP contribution in [-0.2, 0) is 9.53 Å². The highest BCUT2D eigenvalue weighted by Gasteiger charge is 2.18. The van der Waals surface area contributed by atoms with Crippen LogP contribution in [0.1, 0.15) is 17.4 Å². The molecule has 102 valence electrons. The van der Waals surface area contributed by atoms with Gasteiger partial charge >= 0.3 is 18.0 Å². The first-order valence-corrected chi connectivity index (χ1v) is 5.29. The highest BCUT2D eigenvalue weighted by Crippen LogP contribution is 2.11. The van der Waals surface area contributed by atoms with Crippen LogP contribution in [0.4, 0.5) is 10.5 Å². The van der Waals surface area contributed by atoms with Crippen LogP contribution in [0.3, 0.4) is 0 Å². The number of carboxylic acid groups (broad SMARTS) is 1. The molecule has 19 heavy (non-hydrogen) atoms. The van der Waals surface area contributed by atoms with Gasteiger partial charge in [-0.15, -0.1) is 0 Å². The molecule has 0 aliphatic carbocycles. The number of hydrogen-bond donors (Lipinski definition) is 3. The molecule has 0 aromatic carbocycles. The van der Waals surface area contributed by atoms with Crippen molar-refractivity contribution >= 4 is 23.7 Å². The van der Waals surface area contributed by atoms with Crippen LogP contribution in [0.15, 0.2) is 18.3 Å². The van der Waals surface area contributed by atoms with E-state index in [-0.39, 0.29) is 11.4 Å². The van der Waals surface area contributed by atoms with Gasteiger partial charge in [0.05, 0.1) is 12.8 Å². The number of hydrogen-bond acceptors (Lipinski definition) is 5. The lowest BCUT2D eigenvalue weighted by Crippen LogP contribution is -2.41. The average molecular weight is 267 g/mol. The summed E-state index contributed by atoms with van der Waals surface area (Å²) >= 11 is 0. The topological polar surface area (TPSA) is 118 Å². The maximum atomic E-state index is 11.6. The number of carbonyl (C=O) groups excluding carboxylic acids is 2. The fraction of sp³-hybridized carbons (Fsp3) is 0.273. The van der Waals surface area contributed by atoms with E-state index in [9.17, 15) is 14.4 Å². The van der Waals surface area contributed by atoms with Crippen molar-refractivity contribution in [2.45, 2.75) is 13.0 Å². The van der Waals surface area contributed by atoms with Gasteiger partial charge in [-0.05, 0) is 19.1 Å². The molecule has 2 amide bonds. The first kappa shape index (κ1) is 14.4. The number of aromatic nitrogens is 1. The lowest BCUT2D eigenvalue weighted by Gasteiger charge is -2.13. The van der Waals surface area contributed by atoms with Crippen LogP contribution in [-0.4, -0.2) is 41.2 Å². The predicted octanol–water partition coefficient (Wildman–Crippen LogP) is 0.463. The van der Waals surface area contributed by atoms with Crippen LogP contribution in [0, 0.1) is 0 Å². The number of esters is 1. The Morgan fingerprint density at radius 1 is 1.42 bits per heavy atom. The highest BCUT2D eigenvalue weighted by atomic mass is 16.5. The van der Waals surface area contributed by atoms with Crippen LogP contribution in [0.5, 0.6) is 0 Å². The molecule has 0 aliphatic rings. The number of ether oxygens (including phenoxy) is 1. The summed E-state index contributed by atoms with van der Waals surface area (Å²) < 4.78 is 4.44. The number of methoxy groups -OCH3 is 1. The number of rotatable bonds is 4. The molecule has 1 heterocycles. The predicted molar refractivity (Wildman–Crippen MR) is 64.8 cm³/mol. The van der Waals surface area contributed by atoms with E-state index < -0.39 is 24.0 Å². The molecule has 0 aliphatic heterocycles. The van der Waals surface area contributed by atoms with Crippen molar-refractivity contribution < 1.29 is 24.2 Å². The summed E-state index contributed by atoms with van der Waals surface area (Å²) in [4.78, 5) is 37.2. The number of nitrogens with one attached hydrogen (secondary N) is 2. The summed E-state index contributed by atoms with van der Waals surface area (Å²) in [5, 5.41) is 13.5. The Hall–Kier alpha value is -2.64. The van der Waals surface area contributed by atoms with E-state index in [4.69, 9.17) is 5.11 Å². The lowest BCUT2D eigenvalue weighted by atomic mass is 10.3. The smallest absolute Gasteiger partial charge is 0.356 e. The van der Waals surface area contributed by atoms with E-state index in [1.54, 1.807) is 0 Å². The SMILES string of the molecule is COC(=O)C(C)NC(=O)Nc1cccnc1C(=O)O. The Kier molecular flexibility index (Phi) is 4.81. The Bertz CT molecular complexity index is 503. The molecule has 1 rings (SSSR count). The second-order valence-electron chi connectivity index (χ2n) is 3.55. The summed E-state index contributed by atoms with van der Waals surface area (Å²) in [6, 6.07) is 1.29. The number of aromatic carboxylic acids is 1. The van der Waals surface area contributed by atoms with Gasteiger partial charge in [0, 0.05) is 6.20 Å². The van der Waals surface area contributed by atoms with E-state index in [1.165, 1.54) is 32.4 Å². The van der Waals surface area contributed by atoms with E-state index >= 15 is 0 Å². The summed E-state index contributed by atoms with van der Waals surface area (Å²) in [5.74, 6) is -1.88. The largest absolute Gasteiger partial charge is 0.476 e. The van der Waals surface area contributed by atoms with Gasteiger partial charge < -0.3 is 20.5 Å². The summed E-state index contributed by atoms with van der Waals surface area (Å²) in [6.45, 7) is 1.44. The van der Waals surface area contributed by atoms with Gasteiger partial charge in [-0.3, -0.25) is 0 Å². The van der Waals surface area contributed by atoms with Crippen LogP contribution in [0.25, 0.3) is 0 Å². The number of carboxylic acids is 1. The van der Waals surface area contributed by atoms with Crippen LogP contribution in [0.2, 0.25) is 0 Å². The third kappa shape index (κ3) is 3.95. The first-order chi connectivity index (χ1) is 8.95. The Balaban J connectivity index is 2.72. The molecule has 1 aromatic rings. The number of anilines is 1. The van der Waals surface area contributed by atoms with Crippen molar-refractivity contribution in [2.75, 3.05) is 12.4 Å². The molecule has 8 nitrogen and oxygen atoms in total. The van der Waals surface area contributed by atoms with Crippen molar-refractivity contribution in [1.29, 1.82) is 0 Å². The molecule has 0 spiro atoms. The number of carbonyl (C=O) groups is 3. The van der Waals surface area contributed by atoms with Crippen molar-refractivity contribution in [2.24, 2.45) is 0 Å². The Morgan fingerprint density at radius 2 is 2.11 bits per heavy atom. The van der Waals surface area contributed by atoms with Crippen LogP contribution >= 0.6 is 0 Å². The maximum absolute atomic E-state index is 11.6. The quantitative estimate of drug-likeness (QED) is 0.682. The monoisotopic (exact) mass is 267 g/mol. The summed E-state index contributed by atoms with van der Waals surface area (Å²) in [7, 11) is 1.20. The molecule has 0 bridgehead atoms. The second-order valence-corrected chi connectivity index (χ2v) is 3.55. The fourth-order valence-electron chi connectivity index (χ4n) is 1.27. The minimum Gasteiger partial charge on any atom is -0.476 e. The van der Waals surface area contributed by atoms with Crippen molar-refractivity contribution in [3.05, 3.63) is 24.0 Å². The Labute approximate surface area is 108 Å². The zero-order chi connectivity index (χ0) is 14.4. The molecule has 1 unspecified atom stereocenters. The van der Waals surface area contributed by atoms with E-state index in [0.29, 0.717) is 0 Å². The summed E-state index contributed by atoms with van der Waals surface area (Å²) in [5.41, 5.74) is -0.257. The molecule has 1 atom stereocenters. The lowest BCUT2D eigenvalue weighted by molar-refractivity contribution is -0.142. The number of urea groups is 1. The molecule has 3 N–H and O–H groups in total. The number of pyridine rings is 1. The van der Waals surface area contributed by atoms with Crippen LogP contribution < -0.4 is 10.6 Å². The highest BCUT2D eigenvalue weighted by molar-refractivity contribution is 5.99. The van der Waals surface area contributed by atoms with Gasteiger partial charge in [-0.2, -0.15) is 0 Å². The third-order valence-corrected chi connectivity index (χ3v) is 2.16. The third-order valence-electron chi connectivity index (χ3n) is 2.16. The minimum absolute atomic E-state index is 0.0320. The summed E-state index contributed by atoms with van der Waals surface area (Å²) in [6.07, 6.45) is 1.30. The van der Waals surface area contributed by atoms with E-state index in [0.717, 1.165) is 0 Å². The normalized spacial score (nSPS) is 11.3. The van der Waals surface area contributed by atoms with E-state index in [1.807, 2.05) is 0 Å². The Morgan fingerprint density at radius 3 is 2.68 bits per heavy atom. The molecule has 1 aromatic heterocycles. The zero-order valence-corrected chi connectivity index (χ0v) is 10.3. The van der Waals surface area contributed by atoms with E-state index in [2.05, 4.69) is 20.4 Å². The maximum Gasteiger partial charge on any atom is 0.356 e. The molecule has 0 saturated heterocycles. The first-order valence-electron chi connectivity index (χ1n) is 5.29. The second kappa shape index (κ2) is 6.34.